The van der Waals surface area contributed by atoms with Gasteiger partial charge >= 0.3 is 0 Å². The molecule has 4 rings (SSSR count). The van der Waals surface area contributed by atoms with Crippen LogP contribution >= 0.6 is 11.8 Å². The molecule has 45 heavy (non-hydrogen) atoms. The highest BCUT2D eigenvalue weighted by Crippen LogP contribution is 2.29. The Morgan fingerprint density at radius 3 is 2.00 bits per heavy atom. The van der Waals surface area contributed by atoms with E-state index in [0.29, 0.717) is 39.6 Å². The van der Waals surface area contributed by atoms with Crippen molar-refractivity contribution in [3.8, 4) is 11.5 Å². The quantitative estimate of drug-likeness (QED) is 0.123. The van der Waals surface area contributed by atoms with Gasteiger partial charge in [-0.05, 0) is 91.4 Å². The SMILES string of the molecule is COc1ccc(/C=C(\NC(=O)c2ccccc2)C(=O)Nc2ccc(SC(C)C(=O)Nc3ccc(C(N)=O)cc3)cc2)cc1OC. The molecule has 5 N–H and O–H groups in total. The van der Waals surface area contributed by atoms with Gasteiger partial charge in [-0.1, -0.05) is 24.3 Å². The van der Waals surface area contributed by atoms with E-state index in [1.54, 1.807) is 110 Å². The van der Waals surface area contributed by atoms with Gasteiger partial charge in [-0.2, -0.15) is 0 Å². The Morgan fingerprint density at radius 2 is 1.38 bits per heavy atom. The van der Waals surface area contributed by atoms with Crippen LogP contribution in [0, 0.1) is 0 Å². The van der Waals surface area contributed by atoms with Crippen LogP contribution in [0.4, 0.5) is 11.4 Å². The van der Waals surface area contributed by atoms with E-state index in [1.165, 1.54) is 26.0 Å². The van der Waals surface area contributed by atoms with E-state index in [4.69, 9.17) is 15.2 Å². The highest BCUT2D eigenvalue weighted by Gasteiger charge is 2.17. The molecule has 0 aliphatic rings. The minimum absolute atomic E-state index is 0.0173. The number of nitrogens with one attached hydrogen (secondary N) is 3. The number of carbonyl (C=O) groups excluding carboxylic acids is 4. The van der Waals surface area contributed by atoms with Crippen molar-refractivity contribution in [2.24, 2.45) is 5.73 Å². The standard InChI is InChI=1S/C34H32N4O6S/c1-21(32(40)36-25-12-10-23(11-13-25)31(35)39)45-27-16-14-26(15-17-27)37-34(42)28(38-33(41)24-7-5-4-6-8-24)19-22-9-18-29(43-2)30(20-22)44-3/h4-21H,1-3H3,(H2,35,39)(H,36,40)(H,37,42)(H,38,41)/b28-19-. The first kappa shape index (κ1) is 32.4. The van der Waals surface area contributed by atoms with Crippen LogP contribution in [0.25, 0.3) is 6.08 Å². The average Bonchev–Trinajstić information content (AvgIpc) is 3.05. The van der Waals surface area contributed by atoms with Gasteiger partial charge in [0.05, 0.1) is 19.5 Å². The number of carbonyl (C=O) groups is 4. The Balaban J connectivity index is 1.45. The highest BCUT2D eigenvalue weighted by atomic mass is 32.2. The van der Waals surface area contributed by atoms with Gasteiger partial charge in [0, 0.05) is 27.4 Å². The van der Waals surface area contributed by atoms with Crippen LogP contribution in [0.5, 0.6) is 11.5 Å². The molecular formula is C34H32N4O6S. The number of ether oxygens (including phenoxy) is 2. The van der Waals surface area contributed by atoms with E-state index in [9.17, 15) is 19.2 Å². The van der Waals surface area contributed by atoms with Crippen molar-refractivity contribution in [2.75, 3.05) is 24.9 Å². The molecule has 0 heterocycles. The Labute approximate surface area is 265 Å². The highest BCUT2D eigenvalue weighted by molar-refractivity contribution is 8.00. The molecule has 0 aromatic heterocycles. The van der Waals surface area contributed by atoms with Crippen LogP contribution in [0.2, 0.25) is 0 Å². The summed E-state index contributed by atoms with van der Waals surface area (Å²) in [6, 6.07) is 27.0. The minimum atomic E-state index is -0.543. The fraction of sp³-hybridized carbons (Fsp3) is 0.118. The number of amides is 4. The van der Waals surface area contributed by atoms with Crippen molar-refractivity contribution in [3.63, 3.8) is 0 Å². The second-order valence-corrected chi connectivity index (χ2v) is 11.1. The summed E-state index contributed by atoms with van der Waals surface area (Å²) in [5, 5.41) is 7.91. The number of thioether (sulfide) groups is 1. The zero-order valence-electron chi connectivity index (χ0n) is 24.8. The third-order valence-electron chi connectivity index (χ3n) is 6.48. The van der Waals surface area contributed by atoms with Crippen LogP contribution in [0.15, 0.2) is 108 Å². The Kier molecular flexibility index (Phi) is 11.0. The summed E-state index contributed by atoms with van der Waals surface area (Å²) in [4.78, 5) is 51.1. The van der Waals surface area contributed by atoms with Gasteiger partial charge in [0.2, 0.25) is 11.8 Å². The Bertz CT molecular complexity index is 1710. The van der Waals surface area contributed by atoms with Crippen LogP contribution in [0.1, 0.15) is 33.2 Å². The van der Waals surface area contributed by atoms with Crippen molar-refractivity contribution < 1.29 is 28.7 Å². The monoisotopic (exact) mass is 624 g/mol. The number of primary amides is 1. The number of rotatable bonds is 12. The van der Waals surface area contributed by atoms with E-state index >= 15 is 0 Å². The minimum Gasteiger partial charge on any atom is -0.493 e. The average molecular weight is 625 g/mol. The smallest absolute Gasteiger partial charge is 0.272 e. The number of nitrogens with two attached hydrogens (primary N) is 1. The van der Waals surface area contributed by atoms with Gasteiger partial charge in [0.1, 0.15) is 5.70 Å². The molecule has 0 bridgehead atoms. The molecule has 10 nitrogen and oxygen atoms in total. The van der Waals surface area contributed by atoms with Crippen molar-refractivity contribution in [2.45, 2.75) is 17.1 Å². The summed E-state index contributed by atoms with van der Waals surface area (Å²) in [7, 11) is 3.04. The maximum absolute atomic E-state index is 13.4. The third-order valence-corrected chi connectivity index (χ3v) is 7.59. The van der Waals surface area contributed by atoms with Crippen molar-refractivity contribution in [1.29, 1.82) is 0 Å². The fourth-order valence-corrected chi connectivity index (χ4v) is 4.95. The van der Waals surface area contributed by atoms with Crippen molar-refractivity contribution in [3.05, 3.63) is 119 Å². The molecule has 4 aromatic rings. The molecular weight excluding hydrogens is 592 g/mol. The first-order valence-electron chi connectivity index (χ1n) is 13.8. The maximum atomic E-state index is 13.4. The van der Waals surface area contributed by atoms with E-state index in [-0.39, 0.29) is 11.6 Å². The normalized spacial score (nSPS) is 11.6. The summed E-state index contributed by atoms with van der Waals surface area (Å²) < 4.78 is 10.7. The molecule has 11 heteroatoms. The zero-order chi connectivity index (χ0) is 32.3. The van der Waals surface area contributed by atoms with E-state index in [0.717, 1.165) is 4.90 Å². The maximum Gasteiger partial charge on any atom is 0.272 e. The second kappa shape index (κ2) is 15.3. The summed E-state index contributed by atoms with van der Waals surface area (Å²) >= 11 is 1.34. The van der Waals surface area contributed by atoms with E-state index in [1.807, 2.05) is 0 Å². The van der Waals surface area contributed by atoms with Crippen LogP contribution < -0.4 is 31.2 Å². The third kappa shape index (κ3) is 8.97. The van der Waals surface area contributed by atoms with E-state index < -0.39 is 23.0 Å². The van der Waals surface area contributed by atoms with Gasteiger partial charge in [0.15, 0.2) is 11.5 Å². The van der Waals surface area contributed by atoms with Gasteiger partial charge in [0.25, 0.3) is 11.8 Å². The molecule has 0 spiro atoms. The van der Waals surface area contributed by atoms with Crippen molar-refractivity contribution in [1.82, 2.24) is 5.32 Å². The summed E-state index contributed by atoms with van der Waals surface area (Å²) in [6.07, 6.45) is 1.55. The molecule has 0 radical (unpaired) electrons. The molecule has 1 atom stereocenters. The largest absolute Gasteiger partial charge is 0.493 e. The topological polar surface area (TPSA) is 149 Å². The molecule has 1 unspecified atom stereocenters. The van der Waals surface area contributed by atoms with E-state index in [2.05, 4.69) is 16.0 Å². The molecule has 4 amide bonds. The summed E-state index contributed by atoms with van der Waals surface area (Å²) in [5.41, 5.74) is 7.67. The Morgan fingerprint density at radius 1 is 0.756 bits per heavy atom. The predicted molar refractivity (Wildman–Crippen MR) is 175 cm³/mol. The molecule has 0 saturated carbocycles. The van der Waals surface area contributed by atoms with Gasteiger partial charge in [-0.3, -0.25) is 19.2 Å². The van der Waals surface area contributed by atoms with Gasteiger partial charge < -0.3 is 31.2 Å². The first-order chi connectivity index (χ1) is 21.7. The lowest BCUT2D eigenvalue weighted by atomic mass is 10.1. The second-order valence-electron chi connectivity index (χ2n) is 9.66. The number of benzene rings is 4. The molecule has 0 fully saturated rings. The predicted octanol–water partition coefficient (Wildman–Crippen LogP) is 5.33. The summed E-state index contributed by atoms with van der Waals surface area (Å²) in [5.74, 6) is -0.748. The summed E-state index contributed by atoms with van der Waals surface area (Å²) in [6.45, 7) is 1.77. The number of hydrogen-bond acceptors (Lipinski definition) is 7. The lowest BCUT2D eigenvalue weighted by Gasteiger charge is -2.14. The lowest BCUT2D eigenvalue weighted by Crippen LogP contribution is -2.30. The number of methoxy groups -OCH3 is 2. The molecule has 230 valence electrons. The van der Waals surface area contributed by atoms with Crippen molar-refractivity contribution >= 4 is 52.8 Å². The van der Waals surface area contributed by atoms with Gasteiger partial charge in [-0.25, -0.2) is 0 Å². The molecule has 0 saturated heterocycles. The molecule has 4 aromatic carbocycles. The molecule has 0 aliphatic carbocycles. The van der Waals surface area contributed by atoms with Gasteiger partial charge in [-0.15, -0.1) is 11.8 Å². The van der Waals surface area contributed by atoms with Crippen LogP contribution in [-0.2, 0) is 9.59 Å². The molecule has 0 aliphatic heterocycles. The first-order valence-corrected chi connectivity index (χ1v) is 14.6. The number of hydrogen-bond donors (Lipinski definition) is 4. The fourth-order valence-electron chi connectivity index (χ4n) is 4.09. The lowest BCUT2D eigenvalue weighted by molar-refractivity contribution is -0.115. The number of anilines is 2. The van der Waals surface area contributed by atoms with Crippen LogP contribution in [0.3, 0.4) is 0 Å². The Hall–Kier alpha value is -5.55. The zero-order valence-corrected chi connectivity index (χ0v) is 25.6. The van der Waals surface area contributed by atoms with Crippen LogP contribution in [-0.4, -0.2) is 43.1 Å².